The fourth-order valence-electron chi connectivity index (χ4n) is 3.41. The van der Waals surface area contributed by atoms with Crippen LogP contribution >= 0.6 is 0 Å². The van der Waals surface area contributed by atoms with Gasteiger partial charge in [0.25, 0.3) is 5.91 Å². The minimum absolute atomic E-state index is 0.0502. The van der Waals surface area contributed by atoms with Gasteiger partial charge in [0.15, 0.2) is 0 Å². The predicted molar refractivity (Wildman–Crippen MR) is 106 cm³/mol. The number of aromatic nitrogens is 3. The Morgan fingerprint density at radius 3 is 2.68 bits per heavy atom. The summed E-state index contributed by atoms with van der Waals surface area (Å²) in [6.45, 7) is 1.04. The maximum absolute atomic E-state index is 12.9. The van der Waals surface area contributed by atoms with E-state index in [9.17, 15) is 9.59 Å². The number of pyridine rings is 1. The highest BCUT2D eigenvalue weighted by Gasteiger charge is 2.29. The minimum atomic E-state index is -0.222. The van der Waals surface area contributed by atoms with Gasteiger partial charge in [0.1, 0.15) is 5.69 Å². The lowest BCUT2D eigenvalue weighted by Crippen LogP contribution is -2.43. The maximum atomic E-state index is 12.9. The normalized spacial score (nSPS) is 16.6. The van der Waals surface area contributed by atoms with Crippen LogP contribution < -0.4 is 5.32 Å². The van der Waals surface area contributed by atoms with Crippen molar-refractivity contribution < 1.29 is 9.59 Å². The highest BCUT2D eigenvalue weighted by molar-refractivity contribution is 5.95. The lowest BCUT2D eigenvalue weighted by atomic mass is 9.96. The molecule has 2 amide bonds. The first kappa shape index (κ1) is 17.9. The summed E-state index contributed by atoms with van der Waals surface area (Å²) in [5, 5.41) is 9.99. The van der Waals surface area contributed by atoms with Crippen LogP contribution in [0, 0.1) is 5.92 Å². The molecule has 2 N–H and O–H groups in total. The average molecular weight is 375 g/mol. The molecule has 0 aliphatic carbocycles. The molecule has 7 heteroatoms. The van der Waals surface area contributed by atoms with Gasteiger partial charge >= 0.3 is 0 Å². The molecule has 3 aromatic rings. The number of carbonyl (C=O) groups is 2. The van der Waals surface area contributed by atoms with Crippen LogP contribution in [0.2, 0.25) is 0 Å². The Morgan fingerprint density at radius 1 is 1.11 bits per heavy atom. The third kappa shape index (κ3) is 3.93. The average Bonchev–Trinajstić information content (AvgIpc) is 3.25. The molecule has 1 aromatic carbocycles. The molecule has 0 bridgehead atoms. The van der Waals surface area contributed by atoms with Crippen molar-refractivity contribution in [3.8, 4) is 11.3 Å². The lowest BCUT2D eigenvalue weighted by molar-refractivity contribution is -0.121. The number of para-hydroxylation sites is 1. The molecule has 28 heavy (non-hydrogen) atoms. The molecule has 0 unspecified atom stereocenters. The first-order valence-electron chi connectivity index (χ1n) is 9.32. The van der Waals surface area contributed by atoms with E-state index in [1.807, 2.05) is 42.5 Å². The number of H-pyrrole nitrogens is 1. The summed E-state index contributed by atoms with van der Waals surface area (Å²) in [6, 6.07) is 14.8. The summed E-state index contributed by atoms with van der Waals surface area (Å²) in [6.07, 6.45) is 4.94. The van der Waals surface area contributed by atoms with Crippen molar-refractivity contribution in [3.05, 3.63) is 66.6 Å². The number of nitrogens with one attached hydrogen (secondary N) is 2. The molecule has 1 aliphatic rings. The van der Waals surface area contributed by atoms with Crippen molar-refractivity contribution in [2.24, 2.45) is 5.92 Å². The van der Waals surface area contributed by atoms with Crippen molar-refractivity contribution in [1.82, 2.24) is 20.1 Å². The maximum Gasteiger partial charge on any atom is 0.271 e. The van der Waals surface area contributed by atoms with Crippen molar-refractivity contribution in [3.63, 3.8) is 0 Å². The molecular formula is C21H21N5O2. The number of nitrogens with zero attached hydrogens (tertiary/aromatic N) is 3. The Balaban J connectivity index is 1.42. The monoisotopic (exact) mass is 375 g/mol. The summed E-state index contributed by atoms with van der Waals surface area (Å²) in [5.41, 5.74) is 2.78. The minimum Gasteiger partial charge on any atom is -0.337 e. The van der Waals surface area contributed by atoms with Crippen molar-refractivity contribution in [1.29, 1.82) is 0 Å². The second-order valence-electron chi connectivity index (χ2n) is 6.85. The first-order valence-corrected chi connectivity index (χ1v) is 9.32. The van der Waals surface area contributed by atoms with Crippen LogP contribution in [-0.4, -0.2) is 45.0 Å². The zero-order valence-electron chi connectivity index (χ0n) is 15.3. The summed E-state index contributed by atoms with van der Waals surface area (Å²) in [5.74, 6) is -0.406. The summed E-state index contributed by atoms with van der Waals surface area (Å²) >= 11 is 0. The summed E-state index contributed by atoms with van der Waals surface area (Å²) < 4.78 is 0. The smallest absolute Gasteiger partial charge is 0.271 e. The van der Waals surface area contributed by atoms with E-state index in [4.69, 9.17) is 0 Å². The lowest BCUT2D eigenvalue weighted by Gasteiger charge is -2.31. The van der Waals surface area contributed by atoms with E-state index < -0.39 is 0 Å². The highest BCUT2D eigenvalue weighted by Crippen LogP contribution is 2.22. The van der Waals surface area contributed by atoms with Gasteiger partial charge < -0.3 is 10.2 Å². The molecular weight excluding hydrogens is 354 g/mol. The zero-order valence-corrected chi connectivity index (χ0v) is 15.3. The van der Waals surface area contributed by atoms with Gasteiger partial charge in [-0.1, -0.05) is 18.2 Å². The molecule has 0 saturated carbocycles. The standard InChI is InChI=1S/C21H21N5O2/c27-20(23-17-6-2-1-3-7-17)16-5-4-12-26(14-16)21(28)19-13-18(24-25-19)15-8-10-22-11-9-15/h1-3,6-11,13,16H,4-5,12,14H2,(H,23,27)(H,24,25)/t16-/m1/s1. The largest absolute Gasteiger partial charge is 0.337 e. The first-order chi connectivity index (χ1) is 13.7. The third-order valence-electron chi connectivity index (χ3n) is 4.91. The van der Waals surface area contributed by atoms with Gasteiger partial charge in [0.05, 0.1) is 11.6 Å². The Morgan fingerprint density at radius 2 is 1.89 bits per heavy atom. The van der Waals surface area contributed by atoms with Crippen molar-refractivity contribution in [2.45, 2.75) is 12.8 Å². The van der Waals surface area contributed by atoms with Crippen LogP contribution in [0.25, 0.3) is 11.3 Å². The van der Waals surface area contributed by atoms with Crippen LogP contribution in [0.1, 0.15) is 23.3 Å². The number of anilines is 1. The van der Waals surface area contributed by atoms with Gasteiger partial charge in [0.2, 0.25) is 5.91 Å². The number of aromatic amines is 1. The molecule has 1 aliphatic heterocycles. The van der Waals surface area contributed by atoms with Crippen LogP contribution in [0.5, 0.6) is 0 Å². The molecule has 0 spiro atoms. The second kappa shape index (κ2) is 8.04. The molecule has 142 valence electrons. The van der Waals surface area contributed by atoms with Crippen LogP contribution in [0.4, 0.5) is 5.69 Å². The number of likely N-dealkylation sites (tertiary alicyclic amines) is 1. The zero-order chi connectivity index (χ0) is 19.3. The quantitative estimate of drug-likeness (QED) is 0.733. The van der Waals surface area contributed by atoms with Crippen molar-refractivity contribution in [2.75, 3.05) is 18.4 Å². The number of carbonyl (C=O) groups excluding carboxylic acids is 2. The van der Waals surface area contributed by atoms with Gasteiger partial charge in [0, 0.05) is 36.7 Å². The van der Waals surface area contributed by atoms with Gasteiger partial charge in [-0.3, -0.25) is 19.7 Å². The Labute approximate surface area is 162 Å². The number of hydrogen-bond acceptors (Lipinski definition) is 4. The summed E-state index contributed by atoms with van der Waals surface area (Å²) in [4.78, 5) is 31.2. The molecule has 7 nitrogen and oxygen atoms in total. The fraction of sp³-hybridized carbons (Fsp3) is 0.238. The second-order valence-corrected chi connectivity index (χ2v) is 6.85. The third-order valence-corrected chi connectivity index (χ3v) is 4.91. The van der Waals surface area contributed by atoms with Crippen LogP contribution in [0.3, 0.4) is 0 Å². The van der Waals surface area contributed by atoms with Gasteiger partial charge in [-0.05, 0) is 43.2 Å². The number of benzene rings is 1. The Hall–Kier alpha value is -3.48. The SMILES string of the molecule is O=C(Nc1ccccc1)[C@@H]1CCCN(C(=O)c2cc(-c3ccncc3)n[nH]2)C1. The molecule has 2 aromatic heterocycles. The van der Waals surface area contributed by atoms with Crippen LogP contribution in [-0.2, 0) is 4.79 Å². The van der Waals surface area contributed by atoms with Crippen molar-refractivity contribution >= 4 is 17.5 Å². The van der Waals surface area contributed by atoms with E-state index in [-0.39, 0.29) is 17.7 Å². The van der Waals surface area contributed by atoms with E-state index in [1.165, 1.54) is 0 Å². The number of piperidine rings is 1. The molecule has 4 rings (SSSR count). The molecule has 1 fully saturated rings. The Bertz CT molecular complexity index is 955. The van der Waals surface area contributed by atoms with Gasteiger partial charge in [-0.25, -0.2) is 0 Å². The number of rotatable bonds is 4. The highest BCUT2D eigenvalue weighted by atomic mass is 16.2. The molecule has 1 atom stereocenters. The van der Waals surface area contributed by atoms with E-state index in [1.54, 1.807) is 23.4 Å². The van der Waals surface area contributed by atoms with E-state index in [0.717, 1.165) is 24.1 Å². The summed E-state index contributed by atoms with van der Waals surface area (Å²) in [7, 11) is 0. The topological polar surface area (TPSA) is 91.0 Å². The van der Waals surface area contributed by atoms with Gasteiger partial charge in [-0.2, -0.15) is 5.10 Å². The number of hydrogen-bond donors (Lipinski definition) is 2. The van der Waals surface area contributed by atoms with E-state index >= 15 is 0 Å². The van der Waals surface area contributed by atoms with Crippen LogP contribution in [0.15, 0.2) is 60.9 Å². The van der Waals surface area contributed by atoms with E-state index in [2.05, 4.69) is 20.5 Å². The number of amides is 2. The predicted octanol–water partition coefficient (Wildman–Crippen LogP) is 2.96. The van der Waals surface area contributed by atoms with E-state index in [0.29, 0.717) is 24.5 Å². The fourth-order valence-corrected chi connectivity index (χ4v) is 3.41. The Kier molecular flexibility index (Phi) is 5.14. The van der Waals surface area contributed by atoms with Gasteiger partial charge in [-0.15, -0.1) is 0 Å². The molecule has 3 heterocycles. The molecule has 1 saturated heterocycles. The molecule has 0 radical (unpaired) electrons.